The van der Waals surface area contributed by atoms with E-state index in [1.54, 1.807) is 30.5 Å². The number of nitro benzene ring substituents is 1. The summed E-state index contributed by atoms with van der Waals surface area (Å²) in [6.07, 6.45) is 2.50. The third-order valence-corrected chi connectivity index (χ3v) is 10.2. The van der Waals surface area contributed by atoms with Crippen molar-refractivity contribution in [3.05, 3.63) is 159 Å². The third-order valence-electron chi connectivity index (χ3n) is 8.57. The maximum Gasteiger partial charge on any atom is 0.269 e. The SMILES string of the molecule is CCCOc1ccc(C[C@H](NC(=O)c2cn(Cc3ccc(-c4ccc(Cl)cc4)cc3)c3ccccc23)C(=O)NS(=O)(=O)c2ccc([N+](=O)[O-])cc2)cc1. The summed E-state index contributed by atoms with van der Waals surface area (Å²) in [4.78, 5) is 37.8. The van der Waals surface area contributed by atoms with E-state index in [4.69, 9.17) is 16.3 Å². The molecule has 6 aromatic rings. The number of carbonyl (C=O) groups excluding carboxylic acids is 2. The standard InChI is InChI=1S/C40H35ClN4O7S/c1-2-23-52-33-19-9-27(10-20-33)24-37(40(47)43-53(50,51)34-21-17-32(18-22-34)45(48)49)42-39(46)36-26-44(38-6-4-3-5-35(36)38)25-28-7-11-29(12-8-28)30-13-15-31(41)16-14-30/h3-22,26,37H,2,23-25H2,1H3,(H,42,46)(H,43,47)/t37-/m0/s1. The smallest absolute Gasteiger partial charge is 0.269 e. The second kappa shape index (κ2) is 16.1. The minimum Gasteiger partial charge on any atom is -0.494 e. The fourth-order valence-electron chi connectivity index (χ4n) is 5.83. The molecule has 0 aliphatic rings. The minimum atomic E-state index is -4.45. The Hall–Kier alpha value is -5.98. The lowest BCUT2D eigenvalue weighted by Crippen LogP contribution is -2.49. The highest BCUT2D eigenvalue weighted by atomic mass is 35.5. The monoisotopic (exact) mass is 750 g/mol. The molecule has 0 spiro atoms. The second-order valence-corrected chi connectivity index (χ2v) is 14.5. The lowest BCUT2D eigenvalue weighted by molar-refractivity contribution is -0.384. The summed E-state index contributed by atoms with van der Waals surface area (Å²) in [6.45, 7) is 2.98. The van der Waals surface area contributed by atoms with Crippen molar-refractivity contribution in [3.8, 4) is 16.9 Å². The number of hydrogen-bond acceptors (Lipinski definition) is 7. The van der Waals surface area contributed by atoms with Crippen molar-refractivity contribution in [1.82, 2.24) is 14.6 Å². The van der Waals surface area contributed by atoms with E-state index < -0.39 is 32.8 Å². The van der Waals surface area contributed by atoms with Crippen LogP contribution in [0.25, 0.3) is 22.0 Å². The molecule has 2 N–H and O–H groups in total. The predicted molar refractivity (Wildman–Crippen MR) is 204 cm³/mol. The van der Waals surface area contributed by atoms with E-state index in [9.17, 15) is 28.1 Å². The quantitative estimate of drug-likeness (QED) is 0.0862. The van der Waals surface area contributed by atoms with Gasteiger partial charge in [0.15, 0.2) is 0 Å². The number of nitro groups is 1. The van der Waals surface area contributed by atoms with Gasteiger partial charge in [-0.3, -0.25) is 19.7 Å². The molecule has 0 saturated heterocycles. The number of aromatic nitrogens is 1. The Morgan fingerprint density at radius 3 is 2.11 bits per heavy atom. The maximum absolute atomic E-state index is 14.0. The van der Waals surface area contributed by atoms with Crippen LogP contribution >= 0.6 is 11.6 Å². The summed E-state index contributed by atoms with van der Waals surface area (Å²) >= 11 is 6.05. The van der Waals surface area contributed by atoms with E-state index in [2.05, 4.69) is 5.32 Å². The van der Waals surface area contributed by atoms with Crippen molar-refractivity contribution in [2.24, 2.45) is 0 Å². The molecule has 0 aliphatic heterocycles. The third kappa shape index (κ3) is 8.91. The molecule has 5 aromatic carbocycles. The lowest BCUT2D eigenvalue weighted by atomic mass is 10.0. The number of sulfonamides is 1. The summed E-state index contributed by atoms with van der Waals surface area (Å²) in [7, 11) is -4.45. The molecule has 2 amide bonds. The van der Waals surface area contributed by atoms with Crippen LogP contribution in [0.1, 0.15) is 34.8 Å². The van der Waals surface area contributed by atoms with Crippen LogP contribution in [0, 0.1) is 10.1 Å². The van der Waals surface area contributed by atoms with Gasteiger partial charge in [-0.05, 0) is 71.1 Å². The van der Waals surface area contributed by atoms with Gasteiger partial charge in [0.05, 0.1) is 22.0 Å². The number of para-hydroxylation sites is 1. The van der Waals surface area contributed by atoms with Crippen LogP contribution in [0.2, 0.25) is 5.02 Å². The van der Waals surface area contributed by atoms with Crippen molar-refractivity contribution in [2.45, 2.75) is 37.2 Å². The number of hydrogen-bond donors (Lipinski definition) is 2. The minimum absolute atomic E-state index is 0.0416. The normalized spacial score (nSPS) is 11.9. The van der Waals surface area contributed by atoms with Gasteiger partial charge in [0.25, 0.3) is 27.5 Å². The van der Waals surface area contributed by atoms with Gasteiger partial charge in [-0.25, -0.2) is 13.1 Å². The fourth-order valence-corrected chi connectivity index (χ4v) is 6.98. The van der Waals surface area contributed by atoms with E-state index >= 15 is 0 Å². The number of halogens is 1. The molecule has 0 fully saturated rings. The van der Waals surface area contributed by atoms with Gasteiger partial charge in [-0.2, -0.15) is 0 Å². The zero-order chi connectivity index (χ0) is 37.5. The lowest BCUT2D eigenvalue weighted by Gasteiger charge is -2.19. The summed E-state index contributed by atoms with van der Waals surface area (Å²) in [5.41, 5.74) is 4.50. The zero-order valence-electron chi connectivity index (χ0n) is 28.6. The highest BCUT2D eigenvalue weighted by Crippen LogP contribution is 2.26. The van der Waals surface area contributed by atoms with Gasteiger partial charge in [0.2, 0.25) is 0 Å². The first-order valence-corrected chi connectivity index (χ1v) is 18.6. The van der Waals surface area contributed by atoms with Gasteiger partial charge in [-0.1, -0.05) is 85.3 Å². The molecule has 0 aliphatic carbocycles. The second-order valence-electron chi connectivity index (χ2n) is 12.3. The molecule has 0 radical (unpaired) electrons. The molecule has 1 atom stereocenters. The Morgan fingerprint density at radius 1 is 0.849 bits per heavy atom. The van der Waals surface area contributed by atoms with Gasteiger partial charge < -0.3 is 14.6 Å². The van der Waals surface area contributed by atoms with Crippen LogP contribution in [-0.4, -0.2) is 42.4 Å². The molecule has 270 valence electrons. The van der Waals surface area contributed by atoms with Crippen molar-refractivity contribution in [2.75, 3.05) is 6.61 Å². The van der Waals surface area contributed by atoms with Crippen LogP contribution in [0.15, 0.2) is 132 Å². The highest BCUT2D eigenvalue weighted by molar-refractivity contribution is 7.90. The highest BCUT2D eigenvalue weighted by Gasteiger charge is 2.28. The van der Waals surface area contributed by atoms with Crippen LogP contribution in [0.4, 0.5) is 5.69 Å². The van der Waals surface area contributed by atoms with Crippen molar-refractivity contribution in [3.63, 3.8) is 0 Å². The van der Waals surface area contributed by atoms with Crippen molar-refractivity contribution >= 4 is 50.0 Å². The van der Waals surface area contributed by atoms with E-state index in [-0.39, 0.29) is 17.0 Å². The number of ether oxygens (including phenoxy) is 1. The Morgan fingerprint density at radius 2 is 1.47 bits per heavy atom. The van der Waals surface area contributed by atoms with Gasteiger partial charge in [0, 0.05) is 47.2 Å². The number of amides is 2. The average Bonchev–Trinajstić information content (AvgIpc) is 3.53. The molecule has 0 bridgehead atoms. The first-order valence-electron chi connectivity index (χ1n) is 16.8. The summed E-state index contributed by atoms with van der Waals surface area (Å²) in [5.74, 6) is -0.921. The van der Waals surface area contributed by atoms with Crippen LogP contribution in [0.5, 0.6) is 5.75 Å². The average molecular weight is 751 g/mol. The van der Waals surface area contributed by atoms with E-state index in [1.165, 1.54) is 0 Å². The number of fused-ring (bicyclic) bond motifs is 1. The topological polar surface area (TPSA) is 150 Å². The molecule has 1 aromatic heterocycles. The van der Waals surface area contributed by atoms with E-state index in [0.717, 1.165) is 52.9 Å². The number of nitrogens with one attached hydrogen (secondary N) is 2. The summed E-state index contributed by atoms with van der Waals surface area (Å²) in [6, 6.07) is 32.9. The Balaban J connectivity index is 1.25. The van der Waals surface area contributed by atoms with Crippen LogP contribution < -0.4 is 14.8 Å². The van der Waals surface area contributed by atoms with Crippen LogP contribution in [0.3, 0.4) is 0 Å². The molecule has 11 nitrogen and oxygen atoms in total. The molecule has 53 heavy (non-hydrogen) atoms. The largest absolute Gasteiger partial charge is 0.494 e. The van der Waals surface area contributed by atoms with Crippen LogP contribution in [-0.2, 0) is 27.8 Å². The fraction of sp³-hybridized carbons (Fsp3) is 0.150. The van der Waals surface area contributed by atoms with Crippen molar-refractivity contribution in [1.29, 1.82) is 0 Å². The molecule has 0 unspecified atom stereocenters. The first kappa shape index (κ1) is 36.8. The predicted octanol–water partition coefficient (Wildman–Crippen LogP) is 7.55. The van der Waals surface area contributed by atoms with Crippen molar-refractivity contribution < 1.29 is 27.7 Å². The van der Waals surface area contributed by atoms with E-state index in [1.807, 2.05) is 89.0 Å². The number of carbonyl (C=O) groups is 2. The van der Waals surface area contributed by atoms with Gasteiger partial charge in [-0.15, -0.1) is 0 Å². The first-order chi connectivity index (χ1) is 25.5. The maximum atomic E-state index is 14.0. The Bertz CT molecular complexity index is 2360. The Kier molecular flexibility index (Phi) is 11.2. The van der Waals surface area contributed by atoms with Gasteiger partial charge in [0.1, 0.15) is 11.8 Å². The molecule has 1 heterocycles. The number of nitrogens with zero attached hydrogens (tertiary/aromatic N) is 2. The molecule has 13 heteroatoms. The number of rotatable bonds is 14. The van der Waals surface area contributed by atoms with Gasteiger partial charge >= 0.3 is 0 Å². The molecular formula is C40H35ClN4O7S. The number of benzene rings is 5. The molecule has 6 rings (SSSR count). The Labute approximate surface area is 311 Å². The molecular weight excluding hydrogens is 716 g/mol. The molecule has 0 saturated carbocycles. The van der Waals surface area contributed by atoms with E-state index in [0.29, 0.717) is 40.4 Å². The zero-order valence-corrected chi connectivity index (χ0v) is 30.1. The summed E-state index contributed by atoms with van der Waals surface area (Å²) in [5, 5.41) is 15.2. The summed E-state index contributed by atoms with van der Waals surface area (Å²) < 4.78 is 36.1. The number of non-ortho nitro benzene ring substituents is 1.